The maximum atomic E-state index is 12.1. The minimum atomic E-state index is -0.274. The number of esters is 1. The van der Waals surface area contributed by atoms with Crippen molar-refractivity contribution >= 4 is 40.3 Å². The Labute approximate surface area is 138 Å². The van der Waals surface area contributed by atoms with Gasteiger partial charge in [-0.3, -0.25) is 0 Å². The van der Waals surface area contributed by atoms with E-state index in [1.165, 1.54) is 16.9 Å². The fourth-order valence-electron chi connectivity index (χ4n) is 2.62. The maximum Gasteiger partial charge on any atom is 0.341 e. The van der Waals surface area contributed by atoms with Crippen LogP contribution >= 0.6 is 23.1 Å². The van der Waals surface area contributed by atoms with Crippen LogP contribution in [-0.4, -0.2) is 25.5 Å². The van der Waals surface area contributed by atoms with Crippen LogP contribution in [0.4, 0.5) is 5.00 Å². The zero-order valence-corrected chi connectivity index (χ0v) is 14.2. The Balaban J connectivity index is 1.91. The van der Waals surface area contributed by atoms with E-state index in [4.69, 9.17) is 4.74 Å². The van der Waals surface area contributed by atoms with Crippen LogP contribution in [0.15, 0.2) is 34.2 Å². The number of aryl methyl sites for hydroxylation is 1. The number of ether oxygens (including phenoxy) is 1. The number of thioether (sulfide) groups is 1. The molecule has 0 unspecified atom stereocenters. The average Bonchev–Trinajstić information content (AvgIpc) is 3.13. The topological polar surface area (TPSA) is 38.7 Å². The van der Waals surface area contributed by atoms with E-state index in [0.717, 1.165) is 35.4 Å². The molecule has 3 rings (SSSR count). The summed E-state index contributed by atoms with van der Waals surface area (Å²) in [5, 5.41) is 0.769. The highest BCUT2D eigenvalue weighted by molar-refractivity contribution is 7.98. The minimum absolute atomic E-state index is 0.274. The molecule has 0 spiro atoms. The van der Waals surface area contributed by atoms with E-state index in [2.05, 4.69) is 23.4 Å². The number of aliphatic imine (C=N–C) groups is 1. The fourth-order valence-corrected chi connectivity index (χ4v) is 4.25. The van der Waals surface area contributed by atoms with Gasteiger partial charge in [-0.15, -0.1) is 23.1 Å². The van der Waals surface area contributed by atoms with Crippen LogP contribution in [0.25, 0.3) is 0 Å². The van der Waals surface area contributed by atoms with Crippen molar-refractivity contribution in [2.24, 2.45) is 4.99 Å². The average molecular weight is 331 g/mol. The Morgan fingerprint density at radius 3 is 2.77 bits per heavy atom. The summed E-state index contributed by atoms with van der Waals surface area (Å²) in [4.78, 5) is 19.1. The van der Waals surface area contributed by atoms with E-state index in [1.807, 2.05) is 18.3 Å². The highest BCUT2D eigenvalue weighted by atomic mass is 32.2. The normalized spacial score (nSPS) is 13.5. The van der Waals surface area contributed by atoms with Gasteiger partial charge in [0.15, 0.2) is 0 Å². The molecule has 1 aromatic carbocycles. The summed E-state index contributed by atoms with van der Waals surface area (Å²) in [6.07, 6.45) is 6.98. The van der Waals surface area contributed by atoms with Gasteiger partial charge in [0.1, 0.15) is 5.00 Å². The first-order valence-electron chi connectivity index (χ1n) is 7.14. The molecule has 1 aliphatic rings. The molecule has 0 atom stereocenters. The lowest BCUT2D eigenvalue weighted by Gasteiger charge is -2.01. The molecule has 0 saturated carbocycles. The lowest BCUT2D eigenvalue weighted by atomic mass is 10.1. The van der Waals surface area contributed by atoms with Crippen LogP contribution in [0, 0.1) is 0 Å². The number of carbonyl (C=O) groups excluding carboxylic acids is 1. The number of nitrogens with zero attached hydrogens (tertiary/aromatic N) is 1. The summed E-state index contributed by atoms with van der Waals surface area (Å²) in [5.74, 6) is -0.274. The highest BCUT2D eigenvalue weighted by Gasteiger charge is 2.26. The van der Waals surface area contributed by atoms with Gasteiger partial charge < -0.3 is 4.74 Å². The predicted octanol–water partition coefficient (Wildman–Crippen LogP) is 4.50. The zero-order chi connectivity index (χ0) is 15.5. The lowest BCUT2D eigenvalue weighted by molar-refractivity contribution is 0.0601. The maximum absolute atomic E-state index is 12.1. The van der Waals surface area contributed by atoms with Crippen molar-refractivity contribution in [1.82, 2.24) is 0 Å². The summed E-state index contributed by atoms with van der Waals surface area (Å²) < 4.78 is 4.93. The summed E-state index contributed by atoms with van der Waals surface area (Å²) in [6, 6.07) is 8.21. The van der Waals surface area contributed by atoms with Crippen molar-refractivity contribution in [3.8, 4) is 0 Å². The number of fused-ring (bicyclic) bond motifs is 1. The van der Waals surface area contributed by atoms with E-state index in [9.17, 15) is 4.79 Å². The Kier molecular flexibility index (Phi) is 4.64. The third kappa shape index (κ3) is 2.96. The molecule has 1 aromatic heterocycles. The number of thiophene rings is 1. The largest absolute Gasteiger partial charge is 0.465 e. The summed E-state index contributed by atoms with van der Waals surface area (Å²) in [7, 11) is 1.43. The Morgan fingerprint density at radius 1 is 1.32 bits per heavy atom. The monoisotopic (exact) mass is 331 g/mol. The lowest BCUT2D eigenvalue weighted by Crippen LogP contribution is -2.02. The second-order valence-corrected chi connectivity index (χ2v) is 7.02. The third-order valence-corrected chi connectivity index (χ3v) is 5.68. The smallest absolute Gasteiger partial charge is 0.341 e. The molecule has 2 aromatic rings. The van der Waals surface area contributed by atoms with E-state index in [0.29, 0.717) is 5.56 Å². The molecule has 0 bridgehead atoms. The molecule has 1 aliphatic carbocycles. The van der Waals surface area contributed by atoms with Crippen LogP contribution in [0.2, 0.25) is 0 Å². The van der Waals surface area contributed by atoms with Crippen molar-refractivity contribution in [3.63, 3.8) is 0 Å². The molecule has 0 saturated heterocycles. The minimum Gasteiger partial charge on any atom is -0.465 e. The quantitative estimate of drug-likeness (QED) is 0.470. The second-order valence-electron chi connectivity index (χ2n) is 5.06. The van der Waals surface area contributed by atoms with Gasteiger partial charge in [0, 0.05) is 16.0 Å². The van der Waals surface area contributed by atoms with Gasteiger partial charge in [-0.2, -0.15) is 0 Å². The highest BCUT2D eigenvalue weighted by Crippen LogP contribution is 2.41. The van der Waals surface area contributed by atoms with Crippen molar-refractivity contribution in [1.29, 1.82) is 0 Å². The van der Waals surface area contributed by atoms with Crippen molar-refractivity contribution in [2.45, 2.75) is 24.2 Å². The Bertz CT molecular complexity index is 717. The first-order valence-corrected chi connectivity index (χ1v) is 9.18. The van der Waals surface area contributed by atoms with Crippen LogP contribution in [-0.2, 0) is 17.6 Å². The molecule has 0 N–H and O–H groups in total. The molecular formula is C17H17NO2S2. The van der Waals surface area contributed by atoms with Crippen LogP contribution in [0.3, 0.4) is 0 Å². The van der Waals surface area contributed by atoms with Crippen LogP contribution in [0.1, 0.15) is 32.8 Å². The molecule has 0 radical (unpaired) electrons. The molecule has 0 amide bonds. The number of carbonyl (C=O) groups is 1. The Morgan fingerprint density at radius 2 is 2.09 bits per heavy atom. The van der Waals surface area contributed by atoms with Gasteiger partial charge in [0.2, 0.25) is 0 Å². The first kappa shape index (κ1) is 15.3. The van der Waals surface area contributed by atoms with E-state index >= 15 is 0 Å². The van der Waals surface area contributed by atoms with E-state index < -0.39 is 0 Å². The first-order chi connectivity index (χ1) is 10.7. The summed E-state index contributed by atoms with van der Waals surface area (Å²) >= 11 is 3.33. The van der Waals surface area contributed by atoms with Gasteiger partial charge >= 0.3 is 5.97 Å². The molecule has 1 heterocycles. The zero-order valence-electron chi connectivity index (χ0n) is 12.6. The molecule has 0 aliphatic heterocycles. The number of hydrogen-bond acceptors (Lipinski definition) is 5. The van der Waals surface area contributed by atoms with Gasteiger partial charge in [-0.25, -0.2) is 9.79 Å². The number of hydrogen-bond donors (Lipinski definition) is 0. The molecule has 114 valence electrons. The van der Waals surface area contributed by atoms with Gasteiger partial charge in [0.05, 0.1) is 12.7 Å². The molecule has 5 heteroatoms. The van der Waals surface area contributed by atoms with Crippen LogP contribution in [0.5, 0.6) is 0 Å². The second kappa shape index (κ2) is 6.67. The van der Waals surface area contributed by atoms with Gasteiger partial charge in [-0.1, -0.05) is 12.1 Å². The van der Waals surface area contributed by atoms with Crippen LogP contribution < -0.4 is 0 Å². The molecule has 3 nitrogen and oxygen atoms in total. The Hall–Kier alpha value is -1.59. The number of rotatable bonds is 4. The van der Waals surface area contributed by atoms with E-state index in [1.54, 1.807) is 23.1 Å². The standard InChI is InChI=1S/C17H17NO2S2/c1-20-17(19)15-13-4-3-5-14(13)22-16(15)18-10-11-6-8-12(21-2)9-7-11/h6-10H,3-5H2,1-2H3. The predicted molar refractivity (Wildman–Crippen MR) is 93.2 cm³/mol. The van der Waals surface area contributed by atoms with Gasteiger partial charge in [-0.05, 0) is 48.8 Å². The van der Waals surface area contributed by atoms with E-state index in [-0.39, 0.29) is 5.97 Å². The SMILES string of the molecule is COC(=O)c1c(N=Cc2ccc(SC)cc2)sc2c1CCC2. The van der Waals surface area contributed by atoms with Crippen molar-refractivity contribution in [2.75, 3.05) is 13.4 Å². The summed E-state index contributed by atoms with van der Waals surface area (Å²) in [5.41, 5.74) is 2.83. The van der Waals surface area contributed by atoms with Crippen molar-refractivity contribution < 1.29 is 9.53 Å². The van der Waals surface area contributed by atoms with Gasteiger partial charge in [0.25, 0.3) is 0 Å². The number of methoxy groups -OCH3 is 1. The number of benzene rings is 1. The summed E-state index contributed by atoms with van der Waals surface area (Å²) in [6.45, 7) is 0. The molecular weight excluding hydrogens is 314 g/mol. The van der Waals surface area contributed by atoms with Crippen molar-refractivity contribution in [3.05, 3.63) is 45.8 Å². The fraction of sp³-hybridized carbons (Fsp3) is 0.294. The molecule has 22 heavy (non-hydrogen) atoms. The molecule has 0 fully saturated rings. The third-order valence-electron chi connectivity index (χ3n) is 3.74.